The average molecular weight is 1030 g/mol. The zero-order chi connectivity index (χ0) is 52.9. The standard InChI is InChI=1S/C64H119NO8/c1-3-5-7-9-11-13-15-17-19-21-23-25-26-27-28-29-30-31-32-34-36-38-40-42-44-46-48-50-52-54-60(68)65-57(56-72-64-63(71)62(70)61(69)59(55-66)73-64)58(67)53-51-49-47-45-43-41-39-37-35-33-24-22-20-18-16-14-12-10-8-6-4-2/h27-28,35,37,43,45,51,53,57-59,61-64,66-67,69-71H,3-26,29-34,36,38-42,44,46-50,52,54-56H2,1-2H3,(H,65,68)/b28-27-,37-35+,45-43+,53-51+. The highest BCUT2D eigenvalue weighted by molar-refractivity contribution is 5.76. The highest BCUT2D eigenvalue weighted by Gasteiger charge is 2.44. The van der Waals surface area contributed by atoms with Crippen molar-refractivity contribution in [3.8, 4) is 0 Å². The van der Waals surface area contributed by atoms with Crippen molar-refractivity contribution in [1.82, 2.24) is 5.32 Å². The number of carbonyl (C=O) groups is 1. The van der Waals surface area contributed by atoms with Gasteiger partial charge in [-0.25, -0.2) is 0 Å². The maximum Gasteiger partial charge on any atom is 0.220 e. The largest absolute Gasteiger partial charge is 0.394 e. The zero-order valence-corrected chi connectivity index (χ0v) is 47.6. The summed E-state index contributed by atoms with van der Waals surface area (Å²) in [5, 5.41) is 54.6. The number of carbonyl (C=O) groups excluding carboxylic acids is 1. The van der Waals surface area contributed by atoms with Crippen molar-refractivity contribution in [3.63, 3.8) is 0 Å². The summed E-state index contributed by atoms with van der Waals surface area (Å²) in [5.41, 5.74) is 0. The molecule has 0 aromatic rings. The highest BCUT2D eigenvalue weighted by Crippen LogP contribution is 2.23. The van der Waals surface area contributed by atoms with Crippen LogP contribution in [0.1, 0.15) is 296 Å². The number of hydrogen-bond acceptors (Lipinski definition) is 8. The van der Waals surface area contributed by atoms with Gasteiger partial charge in [-0.2, -0.15) is 0 Å². The fraction of sp³-hybridized carbons (Fsp3) is 0.859. The average Bonchev–Trinajstić information content (AvgIpc) is 3.39. The maximum absolute atomic E-state index is 13.1. The third-order valence-corrected chi connectivity index (χ3v) is 14.9. The number of rotatable bonds is 54. The second kappa shape index (κ2) is 53.5. The van der Waals surface area contributed by atoms with E-state index in [1.165, 1.54) is 231 Å². The van der Waals surface area contributed by atoms with Crippen LogP contribution in [0.4, 0.5) is 0 Å². The lowest BCUT2D eigenvalue weighted by atomic mass is 9.99. The van der Waals surface area contributed by atoms with Crippen LogP contribution in [0.3, 0.4) is 0 Å². The Morgan fingerprint density at radius 1 is 0.452 bits per heavy atom. The van der Waals surface area contributed by atoms with Gasteiger partial charge in [0, 0.05) is 6.42 Å². The van der Waals surface area contributed by atoms with Gasteiger partial charge in [0.05, 0.1) is 25.4 Å². The molecule has 1 heterocycles. The van der Waals surface area contributed by atoms with Crippen LogP contribution in [0.5, 0.6) is 0 Å². The van der Waals surface area contributed by atoms with Gasteiger partial charge < -0.3 is 40.3 Å². The van der Waals surface area contributed by atoms with E-state index in [9.17, 15) is 30.3 Å². The van der Waals surface area contributed by atoms with Crippen molar-refractivity contribution in [1.29, 1.82) is 0 Å². The molecular weight excluding hydrogens is 911 g/mol. The lowest BCUT2D eigenvalue weighted by molar-refractivity contribution is -0.302. The summed E-state index contributed by atoms with van der Waals surface area (Å²) >= 11 is 0. The Labute approximate surface area is 450 Å². The van der Waals surface area contributed by atoms with Crippen LogP contribution in [-0.4, -0.2) is 87.5 Å². The molecule has 1 saturated heterocycles. The van der Waals surface area contributed by atoms with Gasteiger partial charge in [-0.1, -0.05) is 268 Å². The molecule has 1 rings (SSSR count). The van der Waals surface area contributed by atoms with Crippen molar-refractivity contribution >= 4 is 5.91 Å². The SMILES string of the molecule is CCCCCCCCCCCCC/C=C/CC/C=C/CC/C=C/C(O)C(COC1OC(CO)C(O)C(O)C1O)NC(=O)CCCCCCCCCCCCCCC/C=C\CCCCCCCCCCCCCC. The monoisotopic (exact) mass is 1030 g/mol. The smallest absolute Gasteiger partial charge is 0.220 e. The van der Waals surface area contributed by atoms with Crippen molar-refractivity contribution in [3.05, 3.63) is 48.6 Å². The number of aliphatic hydroxyl groups excluding tert-OH is 5. The molecule has 9 nitrogen and oxygen atoms in total. The molecule has 1 amide bonds. The Kier molecular flexibility index (Phi) is 50.7. The first-order valence-corrected chi connectivity index (χ1v) is 31.4. The first-order valence-electron chi connectivity index (χ1n) is 31.4. The molecule has 0 bridgehead atoms. The minimum Gasteiger partial charge on any atom is -0.394 e. The van der Waals surface area contributed by atoms with Crippen molar-refractivity contribution in [2.75, 3.05) is 13.2 Å². The van der Waals surface area contributed by atoms with Crippen LogP contribution < -0.4 is 5.32 Å². The number of hydrogen-bond donors (Lipinski definition) is 6. The predicted octanol–water partition coefficient (Wildman–Crippen LogP) is 16.1. The van der Waals surface area contributed by atoms with Gasteiger partial charge in [0.1, 0.15) is 24.4 Å². The molecule has 1 aliphatic rings. The fourth-order valence-corrected chi connectivity index (χ4v) is 9.89. The lowest BCUT2D eigenvalue weighted by Gasteiger charge is -2.40. The van der Waals surface area contributed by atoms with E-state index >= 15 is 0 Å². The number of allylic oxidation sites excluding steroid dienone is 7. The maximum atomic E-state index is 13.1. The fourth-order valence-electron chi connectivity index (χ4n) is 9.89. The van der Waals surface area contributed by atoms with Crippen molar-refractivity contribution in [2.24, 2.45) is 0 Å². The summed E-state index contributed by atoms with van der Waals surface area (Å²) in [4.78, 5) is 13.1. The Morgan fingerprint density at radius 2 is 0.781 bits per heavy atom. The molecule has 0 aliphatic carbocycles. The second-order valence-corrected chi connectivity index (χ2v) is 21.8. The molecule has 428 valence electrons. The molecule has 0 aromatic heterocycles. The molecule has 73 heavy (non-hydrogen) atoms. The number of aliphatic hydroxyl groups is 5. The molecule has 0 saturated carbocycles. The van der Waals surface area contributed by atoms with E-state index in [1.807, 2.05) is 6.08 Å². The minimum absolute atomic E-state index is 0.188. The van der Waals surface area contributed by atoms with Crippen LogP contribution in [0.15, 0.2) is 48.6 Å². The van der Waals surface area contributed by atoms with E-state index in [0.29, 0.717) is 6.42 Å². The molecular formula is C64H119NO8. The molecule has 1 aliphatic heterocycles. The summed E-state index contributed by atoms with van der Waals surface area (Å²) in [7, 11) is 0. The third kappa shape index (κ3) is 42.9. The molecule has 0 spiro atoms. The minimum atomic E-state index is -1.58. The third-order valence-electron chi connectivity index (χ3n) is 14.9. The quantitative estimate of drug-likeness (QED) is 0.0261. The van der Waals surface area contributed by atoms with E-state index in [4.69, 9.17) is 9.47 Å². The van der Waals surface area contributed by atoms with Gasteiger partial charge in [-0.3, -0.25) is 4.79 Å². The van der Waals surface area contributed by atoms with E-state index in [1.54, 1.807) is 6.08 Å². The van der Waals surface area contributed by atoms with E-state index in [2.05, 4.69) is 55.6 Å². The molecule has 9 heteroatoms. The van der Waals surface area contributed by atoms with Crippen LogP contribution in [0, 0.1) is 0 Å². The molecule has 7 atom stereocenters. The van der Waals surface area contributed by atoms with Crippen LogP contribution in [0.25, 0.3) is 0 Å². The Hall–Kier alpha value is -1.85. The molecule has 6 N–H and O–H groups in total. The van der Waals surface area contributed by atoms with Gasteiger partial charge in [-0.15, -0.1) is 0 Å². The molecule has 1 fully saturated rings. The number of ether oxygens (including phenoxy) is 2. The Balaban J connectivity index is 2.20. The lowest BCUT2D eigenvalue weighted by Crippen LogP contribution is -2.60. The van der Waals surface area contributed by atoms with Crippen LogP contribution in [-0.2, 0) is 14.3 Å². The summed E-state index contributed by atoms with van der Waals surface area (Å²) < 4.78 is 11.3. The number of nitrogens with one attached hydrogen (secondary N) is 1. The molecule has 7 unspecified atom stereocenters. The summed E-state index contributed by atoms with van der Waals surface area (Å²) in [5.74, 6) is -0.188. The van der Waals surface area contributed by atoms with Crippen LogP contribution >= 0.6 is 0 Å². The number of unbranched alkanes of at least 4 members (excludes halogenated alkanes) is 38. The summed E-state index contributed by atoms with van der Waals surface area (Å²) in [6.07, 6.45) is 64.8. The molecule has 0 radical (unpaired) electrons. The molecule has 0 aromatic carbocycles. The van der Waals surface area contributed by atoms with Gasteiger partial charge in [0.15, 0.2) is 6.29 Å². The number of amides is 1. The van der Waals surface area contributed by atoms with Crippen LogP contribution in [0.2, 0.25) is 0 Å². The van der Waals surface area contributed by atoms with Gasteiger partial charge in [0.2, 0.25) is 5.91 Å². The second-order valence-electron chi connectivity index (χ2n) is 21.8. The van der Waals surface area contributed by atoms with Crippen molar-refractivity contribution in [2.45, 2.75) is 339 Å². The van der Waals surface area contributed by atoms with E-state index in [0.717, 1.165) is 44.9 Å². The normalized spacial score (nSPS) is 19.4. The first-order chi connectivity index (χ1) is 35.8. The summed E-state index contributed by atoms with van der Waals surface area (Å²) in [6, 6.07) is -0.829. The Bertz CT molecular complexity index is 1290. The van der Waals surface area contributed by atoms with Gasteiger partial charge in [-0.05, 0) is 70.6 Å². The van der Waals surface area contributed by atoms with Gasteiger partial charge in [0.25, 0.3) is 0 Å². The Morgan fingerprint density at radius 3 is 1.15 bits per heavy atom. The first kappa shape index (κ1) is 69.2. The van der Waals surface area contributed by atoms with Crippen molar-refractivity contribution < 1.29 is 39.8 Å². The summed E-state index contributed by atoms with van der Waals surface area (Å²) in [6.45, 7) is 3.79. The highest BCUT2D eigenvalue weighted by atomic mass is 16.7. The zero-order valence-electron chi connectivity index (χ0n) is 47.6. The van der Waals surface area contributed by atoms with Gasteiger partial charge >= 0.3 is 0 Å². The predicted molar refractivity (Wildman–Crippen MR) is 309 cm³/mol. The topological polar surface area (TPSA) is 149 Å². The van der Waals surface area contributed by atoms with E-state index < -0.39 is 49.5 Å². The van der Waals surface area contributed by atoms with E-state index in [-0.39, 0.29) is 12.5 Å².